The molecule has 0 saturated heterocycles. The second-order valence-corrected chi connectivity index (χ2v) is 12.5. The lowest BCUT2D eigenvalue weighted by Crippen LogP contribution is -2.34. The Balaban J connectivity index is 1.12. The van der Waals surface area contributed by atoms with E-state index in [1.807, 2.05) is 99.6 Å². The fourth-order valence-corrected chi connectivity index (χ4v) is 5.74. The first-order chi connectivity index (χ1) is 23.2. The van der Waals surface area contributed by atoms with Crippen LogP contribution in [0.1, 0.15) is 60.2 Å². The zero-order valence-electron chi connectivity index (χ0n) is 27.7. The normalized spacial score (nSPS) is 13.9. The first-order valence-electron chi connectivity index (χ1n) is 16.2. The third-order valence-electron chi connectivity index (χ3n) is 7.84. The van der Waals surface area contributed by atoms with Crippen molar-refractivity contribution in [2.24, 2.45) is 0 Å². The van der Waals surface area contributed by atoms with Crippen molar-refractivity contribution in [2.45, 2.75) is 45.1 Å². The zero-order valence-corrected chi connectivity index (χ0v) is 27.7. The highest BCUT2D eigenvalue weighted by molar-refractivity contribution is 6.05. The number of aromatic amines is 1. The SMILES string of the molecule is CC(C)(C)OC(=O)NCCOCCOCCOc1cccc2c1CCC2c1cc[nH]c(=O)c1C(=O)Nc1ccc(-c2ccccc2)cc1. The van der Waals surface area contributed by atoms with Crippen molar-refractivity contribution in [2.75, 3.05) is 44.9 Å². The summed E-state index contributed by atoms with van der Waals surface area (Å²) in [5.41, 5.74) is 4.70. The first-order valence-corrected chi connectivity index (χ1v) is 16.2. The van der Waals surface area contributed by atoms with Gasteiger partial charge in [0.05, 0.1) is 26.4 Å². The molecular formula is C38H43N3O7. The minimum atomic E-state index is -0.538. The summed E-state index contributed by atoms with van der Waals surface area (Å²) in [5, 5.41) is 5.57. The monoisotopic (exact) mass is 653 g/mol. The number of ether oxygens (including phenoxy) is 4. The number of nitrogens with one attached hydrogen (secondary N) is 3. The zero-order chi connectivity index (χ0) is 33.9. The van der Waals surface area contributed by atoms with Crippen LogP contribution in [-0.4, -0.2) is 62.2 Å². The van der Waals surface area contributed by atoms with Gasteiger partial charge in [-0.15, -0.1) is 0 Å². The number of benzene rings is 3. The maximum atomic E-state index is 13.5. The van der Waals surface area contributed by atoms with Gasteiger partial charge in [0.25, 0.3) is 11.5 Å². The van der Waals surface area contributed by atoms with E-state index in [1.54, 1.807) is 6.20 Å². The van der Waals surface area contributed by atoms with Gasteiger partial charge in [-0.1, -0.05) is 54.6 Å². The molecule has 0 spiro atoms. The Labute approximate surface area is 280 Å². The molecule has 0 fully saturated rings. The van der Waals surface area contributed by atoms with Gasteiger partial charge in [-0.2, -0.15) is 0 Å². The number of carbonyl (C=O) groups excluding carboxylic acids is 2. The molecule has 0 radical (unpaired) electrons. The molecule has 0 saturated carbocycles. The maximum absolute atomic E-state index is 13.5. The highest BCUT2D eigenvalue weighted by atomic mass is 16.6. The molecule has 5 rings (SSSR count). The number of alkyl carbamates (subject to hydrolysis) is 1. The molecule has 1 atom stereocenters. The van der Waals surface area contributed by atoms with Crippen LogP contribution < -0.4 is 20.9 Å². The summed E-state index contributed by atoms with van der Waals surface area (Å²) in [7, 11) is 0. The van der Waals surface area contributed by atoms with Crippen LogP contribution in [-0.2, 0) is 20.6 Å². The molecule has 2 amide bonds. The summed E-state index contributed by atoms with van der Waals surface area (Å²) in [4.78, 5) is 40.9. The average Bonchev–Trinajstić information content (AvgIpc) is 3.50. The number of anilines is 1. The maximum Gasteiger partial charge on any atom is 0.407 e. The molecular weight excluding hydrogens is 610 g/mol. The number of pyridine rings is 1. The predicted molar refractivity (Wildman–Crippen MR) is 185 cm³/mol. The van der Waals surface area contributed by atoms with Gasteiger partial charge >= 0.3 is 6.09 Å². The Morgan fingerprint density at radius 1 is 0.812 bits per heavy atom. The van der Waals surface area contributed by atoms with Crippen molar-refractivity contribution in [1.29, 1.82) is 0 Å². The van der Waals surface area contributed by atoms with Crippen LogP contribution in [0.2, 0.25) is 0 Å². The summed E-state index contributed by atoms with van der Waals surface area (Å²) in [6.45, 7) is 7.68. The van der Waals surface area contributed by atoms with Crippen LogP contribution >= 0.6 is 0 Å². The molecule has 3 aromatic carbocycles. The van der Waals surface area contributed by atoms with Gasteiger partial charge in [0.1, 0.15) is 23.5 Å². The number of hydrogen-bond acceptors (Lipinski definition) is 7. The molecule has 3 N–H and O–H groups in total. The molecule has 10 nitrogen and oxygen atoms in total. The molecule has 1 heterocycles. The topological polar surface area (TPSA) is 128 Å². The van der Waals surface area contributed by atoms with Crippen LogP contribution in [0.3, 0.4) is 0 Å². The number of hydrogen-bond donors (Lipinski definition) is 3. The number of H-pyrrole nitrogens is 1. The van der Waals surface area contributed by atoms with E-state index in [0.717, 1.165) is 40.8 Å². The highest BCUT2D eigenvalue weighted by Crippen LogP contribution is 2.42. The van der Waals surface area contributed by atoms with Gasteiger partial charge in [0.15, 0.2) is 0 Å². The van der Waals surface area contributed by atoms with Gasteiger partial charge in [-0.3, -0.25) is 9.59 Å². The van der Waals surface area contributed by atoms with Crippen molar-refractivity contribution in [3.05, 3.63) is 118 Å². The molecule has 48 heavy (non-hydrogen) atoms. The van der Waals surface area contributed by atoms with E-state index < -0.39 is 23.2 Å². The summed E-state index contributed by atoms with van der Waals surface area (Å²) in [6, 6.07) is 25.3. The molecule has 1 unspecified atom stereocenters. The van der Waals surface area contributed by atoms with Crippen LogP contribution in [0.4, 0.5) is 10.5 Å². The number of amides is 2. The van der Waals surface area contributed by atoms with Gasteiger partial charge in [-0.05, 0) is 85.7 Å². The molecule has 1 aromatic heterocycles. The number of fused-ring (bicyclic) bond motifs is 1. The Kier molecular flexibility index (Phi) is 11.7. The molecule has 0 aliphatic heterocycles. The summed E-state index contributed by atoms with van der Waals surface area (Å²) >= 11 is 0. The number of aromatic nitrogens is 1. The Morgan fingerprint density at radius 2 is 1.52 bits per heavy atom. The largest absolute Gasteiger partial charge is 0.491 e. The molecule has 1 aliphatic rings. The van der Waals surface area contributed by atoms with Gasteiger partial charge in [0.2, 0.25) is 0 Å². The van der Waals surface area contributed by atoms with Crippen molar-refractivity contribution in [3.8, 4) is 16.9 Å². The number of carbonyl (C=O) groups is 2. The van der Waals surface area contributed by atoms with Gasteiger partial charge < -0.3 is 34.6 Å². The molecule has 0 bridgehead atoms. The lowest BCUT2D eigenvalue weighted by molar-refractivity contribution is 0.0327. The quantitative estimate of drug-likeness (QED) is 0.136. The van der Waals surface area contributed by atoms with Crippen molar-refractivity contribution >= 4 is 17.7 Å². The Bertz CT molecular complexity index is 1730. The fourth-order valence-electron chi connectivity index (χ4n) is 5.74. The highest BCUT2D eigenvalue weighted by Gasteiger charge is 2.31. The van der Waals surface area contributed by atoms with Crippen molar-refractivity contribution in [1.82, 2.24) is 10.3 Å². The smallest absolute Gasteiger partial charge is 0.407 e. The first kappa shape index (κ1) is 34.4. The lowest BCUT2D eigenvalue weighted by atomic mass is 9.90. The van der Waals surface area contributed by atoms with E-state index in [9.17, 15) is 14.4 Å². The standard InChI is InChI=1S/C38H43N3O7/c1-38(2,3)48-37(44)40-20-21-45-22-23-46-24-25-47-33-11-7-10-29-30(16-17-31(29)33)32-18-19-39-35(42)34(32)36(43)41-28-14-12-27(13-15-28)26-8-5-4-6-9-26/h4-15,18-19,30H,16-17,20-25H2,1-3H3,(H,39,42)(H,40,44)(H,41,43). The second kappa shape index (κ2) is 16.3. The molecule has 252 valence electrons. The van der Waals surface area contributed by atoms with Crippen LogP contribution in [0.15, 0.2) is 89.9 Å². The summed E-state index contributed by atoms with van der Waals surface area (Å²) in [6.07, 6.45) is 2.64. The summed E-state index contributed by atoms with van der Waals surface area (Å²) < 4.78 is 22.4. The lowest BCUT2D eigenvalue weighted by Gasteiger charge is -2.19. The summed E-state index contributed by atoms with van der Waals surface area (Å²) in [5.74, 6) is 0.211. The fraction of sp³-hybridized carbons (Fsp3) is 0.342. The Hall–Kier alpha value is -4.93. The van der Waals surface area contributed by atoms with E-state index in [4.69, 9.17) is 18.9 Å². The van der Waals surface area contributed by atoms with E-state index >= 15 is 0 Å². The molecule has 4 aromatic rings. The predicted octanol–water partition coefficient (Wildman–Crippen LogP) is 6.31. The van der Waals surface area contributed by atoms with E-state index in [-0.39, 0.29) is 11.5 Å². The van der Waals surface area contributed by atoms with E-state index in [1.165, 1.54) is 0 Å². The van der Waals surface area contributed by atoms with Crippen LogP contribution in [0.5, 0.6) is 5.75 Å². The molecule has 1 aliphatic carbocycles. The van der Waals surface area contributed by atoms with Crippen LogP contribution in [0.25, 0.3) is 11.1 Å². The number of rotatable bonds is 14. The van der Waals surface area contributed by atoms with Gasteiger partial charge in [-0.25, -0.2) is 4.79 Å². The molecule has 10 heteroatoms. The average molecular weight is 654 g/mol. The minimum Gasteiger partial charge on any atom is -0.491 e. The minimum absolute atomic E-state index is 0.116. The van der Waals surface area contributed by atoms with Gasteiger partial charge in [0, 0.05) is 24.3 Å². The van der Waals surface area contributed by atoms with Crippen molar-refractivity contribution in [3.63, 3.8) is 0 Å². The van der Waals surface area contributed by atoms with Crippen molar-refractivity contribution < 1.29 is 28.5 Å². The second-order valence-electron chi connectivity index (χ2n) is 12.5. The Morgan fingerprint density at radius 3 is 2.27 bits per heavy atom. The third-order valence-corrected chi connectivity index (χ3v) is 7.84. The third kappa shape index (κ3) is 9.33. The van der Waals surface area contributed by atoms with E-state index in [2.05, 4.69) is 15.6 Å². The van der Waals surface area contributed by atoms with Crippen LogP contribution in [0, 0.1) is 0 Å². The van der Waals surface area contributed by atoms with E-state index in [0.29, 0.717) is 50.8 Å².